The van der Waals surface area contributed by atoms with E-state index in [-0.39, 0.29) is 0 Å². The topological polar surface area (TPSA) is 59.6 Å². The second kappa shape index (κ2) is 7.54. The first-order chi connectivity index (χ1) is 8.26. The summed E-state index contributed by atoms with van der Waals surface area (Å²) in [6.45, 7) is 6.16. The minimum atomic E-state index is 0.494. The fourth-order valence-corrected chi connectivity index (χ4v) is 1.39. The Hall–Kier alpha value is -1.71. The van der Waals surface area contributed by atoms with E-state index in [1.165, 1.54) is 0 Å². The maximum absolute atomic E-state index is 5.71. The predicted octanol–water partition coefficient (Wildman–Crippen LogP) is 1.90. The highest BCUT2D eigenvalue weighted by atomic mass is 16.5. The molecule has 0 aliphatic carbocycles. The lowest BCUT2D eigenvalue weighted by Gasteiger charge is -2.05. The van der Waals surface area contributed by atoms with E-state index in [1.807, 2.05) is 31.2 Å². The van der Waals surface area contributed by atoms with Crippen molar-refractivity contribution in [3.05, 3.63) is 29.8 Å². The third-order valence-electron chi connectivity index (χ3n) is 2.20. The van der Waals surface area contributed by atoms with Crippen LogP contribution in [0.4, 0.5) is 0 Å². The van der Waals surface area contributed by atoms with Crippen LogP contribution in [0.1, 0.15) is 25.8 Å². The average Bonchev–Trinajstić information content (AvgIpc) is 2.35. The van der Waals surface area contributed by atoms with Crippen LogP contribution in [0.2, 0.25) is 0 Å². The first kappa shape index (κ1) is 13.4. The summed E-state index contributed by atoms with van der Waals surface area (Å²) >= 11 is 0. The van der Waals surface area contributed by atoms with Crippen molar-refractivity contribution in [2.75, 3.05) is 13.2 Å². The molecule has 0 atom stereocenters. The summed E-state index contributed by atoms with van der Waals surface area (Å²) in [5.41, 5.74) is 6.81. The number of hydrogen-bond acceptors (Lipinski definition) is 2. The van der Waals surface area contributed by atoms with Crippen molar-refractivity contribution in [1.29, 1.82) is 0 Å². The Kier molecular flexibility index (Phi) is 5.93. The van der Waals surface area contributed by atoms with Crippen LogP contribution in [0.3, 0.4) is 0 Å². The molecule has 0 aromatic heterocycles. The number of nitrogens with two attached hydrogens (primary N) is 1. The van der Waals surface area contributed by atoms with Gasteiger partial charge in [-0.05, 0) is 31.0 Å². The van der Waals surface area contributed by atoms with Gasteiger partial charge in [0.15, 0.2) is 5.96 Å². The molecular formula is C13H21N3O. The fraction of sp³-hybridized carbons (Fsp3) is 0.462. The highest BCUT2D eigenvalue weighted by Gasteiger charge is 1.96. The third-order valence-corrected chi connectivity index (χ3v) is 2.20. The minimum Gasteiger partial charge on any atom is -0.494 e. The van der Waals surface area contributed by atoms with E-state index in [1.54, 1.807) is 0 Å². The lowest BCUT2D eigenvalue weighted by molar-refractivity contribution is 0.340. The Morgan fingerprint density at radius 2 is 2.24 bits per heavy atom. The van der Waals surface area contributed by atoms with Gasteiger partial charge in [0.25, 0.3) is 0 Å². The molecule has 3 N–H and O–H groups in total. The highest BCUT2D eigenvalue weighted by Crippen LogP contribution is 2.13. The molecule has 17 heavy (non-hydrogen) atoms. The van der Waals surface area contributed by atoms with E-state index in [0.717, 1.165) is 24.3 Å². The van der Waals surface area contributed by atoms with Crippen LogP contribution in [0.5, 0.6) is 5.75 Å². The Morgan fingerprint density at radius 3 is 2.94 bits per heavy atom. The number of nitrogens with one attached hydrogen (secondary N) is 1. The molecule has 0 aliphatic rings. The van der Waals surface area contributed by atoms with E-state index >= 15 is 0 Å². The predicted molar refractivity (Wildman–Crippen MR) is 71.2 cm³/mol. The van der Waals surface area contributed by atoms with E-state index in [0.29, 0.717) is 19.1 Å². The summed E-state index contributed by atoms with van der Waals surface area (Å²) in [4.78, 5) is 4.26. The van der Waals surface area contributed by atoms with Gasteiger partial charge in [-0.1, -0.05) is 19.1 Å². The van der Waals surface area contributed by atoms with Crippen LogP contribution in [0.25, 0.3) is 0 Å². The van der Waals surface area contributed by atoms with Gasteiger partial charge in [-0.3, -0.25) is 0 Å². The normalized spacial score (nSPS) is 11.3. The number of rotatable bonds is 6. The van der Waals surface area contributed by atoms with E-state index in [2.05, 4.69) is 17.2 Å². The van der Waals surface area contributed by atoms with Gasteiger partial charge in [0.1, 0.15) is 5.75 Å². The monoisotopic (exact) mass is 235 g/mol. The van der Waals surface area contributed by atoms with E-state index < -0.39 is 0 Å². The molecule has 4 heteroatoms. The van der Waals surface area contributed by atoms with Gasteiger partial charge in [-0.15, -0.1) is 0 Å². The van der Waals surface area contributed by atoms with Crippen LogP contribution in [-0.4, -0.2) is 19.1 Å². The van der Waals surface area contributed by atoms with Crippen molar-refractivity contribution < 1.29 is 4.74 Å². The van der Waals surface area contributed by atoms with Crippen molar-refractivity contribution >= 4 is 5.96 Å². The lowest BCUT2D eigenvalue weighted by Crippen LogP contribution is -2.32. The maximum atomic E-state index is 5.71. The number of hydrogen-bond donors (Lipinski definition) is 2. The molecule has 94 valence electrons. The SMILES string of the molecule is CCCNC(N)=NCc1cccc(OCC)c1. The van der Waals surface area contributed by atoms with Crippen molar-refractivity contribution in [1.82, 2.24) is 5.32 Å². The summed E-state index contributed by atoms with van der Waals surface area (Å²) < 4.78 is 5.42. The summed E-state index contributed by atoms with van der Waals surface area (Å²) in [6.07, 6.45) is 1.04. The molecule has 0 amide bonds. The summed E-state index contributed by atoms with van der Waals surface area (Å²) in [5, 5.41) is 3.04. The Bertz CT molecular complexity index is 363. The molecule has 1 aromatic rings. The van der Waals surface area contributed by atoms with Gasteiger partial charge in [-0.2, -0.15) is 0 Å². The van der Waals surface area contributed by atoms with Crippen LogP contribution in [0, 0.1) is 0 Å². The molecule has 0 bridgehead atoms. The molecule has 0 heterocycles. The molecule has 0 fully saturated rings. The van der Waals surface area contributed by atoms with Crippen LogP contribution in [-0.2, 0) is 6.54 Å². The standard InChI is InChI=1S/C13H21N3O/c1-3-8-15-13(14)16-10-11-6-5-7-12(9-11)17-4-2/h5-7,9H,3-4,8,10H2,1-2H3,(H3,14,15,16). The zero-order chi connectivity index (χ0) is 12.5. The molecule has 0 aliphatic heterocycles. The Labute approximate surface area is 103 Å². The number of nitrogens with zero attached hydrogens (tertiary/aromatic N) is 1. The molecule has 0 saturated carbocycles. The summed E-state index contributed by atoms with van der Waals surface area (Å²) in [6, 6.07) is 7.90. The molecule has 0 spiro atoms. The smallest absolute Gasteiger partial charge is 0.188 e. The number of ether oxygens (including phenoxy) is 1. The first-order valence-corrected chi connectivity index (χ1v) is 6.01. The number of benzene rings is 1. The Balaban J connectivity index is 2.53. The largest absolute Gasteiger partial charge is 0.494 e. The van der Waals surface area contributed by atoms with Crippen molar-refractivity contribution in [3.63, 3.8) is 0 Å². The Morgan fingerprint density at radius 1 is 1.41 bits per heavy atom. The van der Waals surface area contributed by atoms with Gasteiger partial charge < -0.3 is 15.8 Å². The molecule has 0 saturated heterocycles. The van der Waals surface area contributed by atoms with Crippen molar-refractivity contribution in [2.24, 2.45) is 10.7 Å². The number of aliphatic imine (C=N–C) groups is 1. The van der Waals surface area contributed by atoms with Gasteiger partial charge in [-0.25, -0.2) is 4.99 Å². The highest BCUT2D eigenvalue weighted by molar-refractivity contribution is 5.77. The van der Waals surface area contributed by atoms with E-state index in [9.17, 15) is 0 Å². The quantitative estimate of drug-likeness (QED) is 0.585. The zero-order valence-corrected chi connectivity index (χ0v) is 10.6. The molecular weight excluding hydrogens is 214 g/mol. The first-order valence-electron chi connectivity index (χ1n) is 6.01. The van der Waals surface area contributed by atoms with Crippen LogP contribution >= 0.6 is 0 Å². The second-order valence-corrected chi connectivity index (χ2v) is 3.71. The van der Waals surface area contributed by atoms with Gasteiger partial charge >= 0.3 is 0 Å². The zero-order valence-electron chi connectivity index (χ0n) is 10.6. The fourth-order valence-electron chi connectivity index (χ4n) is 1.39. The third kappa shape index (κ3) is 5.24. The van der Waals surface area contributed by atoms with Crippen LogP contribution in [0.15, 0.2) is 29.3 Å². The number of guanidine groups is 1. The molecule has 4 nitrogen and oxygen atoms in total. The molecule has 0 radical (unpaired) electrons. The lowest BCUT2D eigenvalue weighted by atomic mass is 10.2. The molecule has 1 aromatic carbocycles. The maximum Gasteiger partial charge on any atom is 0.188 e. The molecule has 1 rings (SSSR count). The van der Waals surface area contributed by atoms with Crippen molar-refractivity contribution in [2.45, 2.75) is 26.8 Å². The van der Waals surface area contributed by atoms with Gasteiger partial charge in [0.05, 0.1) is 13.2 Å². The summed E-state index contributed by atoms with van der Waals surface area (Å²) in [7, 11) is 0. The molecule has 0 unspecified atom stereocenters. The second-order valence-electron chi connectivity index (χ2n) is 3.71. The average molecular weight is 235 g/mol. The van der Waals surface area contributed by atoms with Gasteiger partial charge in [0, 0.05) is 6.54 Å². The van der Waals surface area contributed by atoms with Crippen LogP contribution < -0.4 is 15.8 Å². The van der Waals surface area contributed by atoms with E-state index in [4.69, 9.17) is 10.5 Å². The minimum absolute atomic E-state index is 0.494. The summed E-state index contributed by atoms with van der Waals surface area (Å²) in [5.74, 6) is 1.37. The van der Waals surface area contributed by atoms with Crippen molar-refractivity contribution in [3.8, 4) is 5.75 Å². The van der Waals surface area contributed by atoms with Gasteiger partial charge in [0.2, 0.25) is 0 Å².